The lowest BCUT2D eigenvalue weighted by molar-refractivity contribution is -0.133. The summed E-state index contributed by atoms with van der Waals surface area (Å²) >= 11 is 1.64. The zero-order chi connectivity index (χ0) is 13.5. The molecule has 2 N–H and O–H groups in total. The third kappa shape index (κ3) is 4.60. The van der Waals surface area contributed by atoms with Crippen molar-refractivity contribution in [2.24, 2.45) is 5.73 Å². The van der Waals surface area contributed by atoms with Crippen LogP contribution in [0.5, 0.6) is 0 Å². The maximum absolute atomic E-state index is 12.1. The molecule has 1 aromatic rings. The van der Waals surface area contributed by atoms with Crippen LogP contribution < -0.4 is 5.73 Å². The van der Waals surface area contributed by atoms with Crippen molar-refractivity contribution in [3.05, 3.63) is 22.4 Å². The number of carbonyl (C=O) groups is 1. The van der Waals surface area contributed by atoms with Gasteiger partial charge in [-0.15, -0.1) is 0 Å². The number of amides is 1. The quantitative estimate of drug-likeness (QED) is 0.807. The van der Waals surface area contributed by atoms with E-state index in [9.17, 15) is 4.79 Å². The summed E-state index contributed by atoms with van der Waals surface area (Å²) in [5.41, 5.74) is 6.56. The fourth-order valence-electron chi connectivity index (χ4n) is 2.28. The van der Waals surface area contributed by atoms with Crippen molar-refractivity contribution in [3.63, 3.8) is 0 Å². The lowest BCUT2D eigenvalue weighted by Gasteiger charge is -2.32. The Balaban J connectivity index is 1.69. The summed E-state index contributed by atoms with van der Waals surface area (Å²) in [6, 6.07) is 2.02. The molecule has 1 saturated heterocycles. The highest BCUT2D eigenvalue weighted by Crippen LogP contribution is 2.16. The molecule has 4 nitrogen and oxygen atoms in total. The van der Waals surface area contributed by atoms with Gasteiger partial charge in [-0.3, -0.25) is 4.79 Å². The average Bonchev–Trinajstić information content (AvgIpc) is 2.93. The number of ether oxygens (including phenoxy) is 1. The van der Waals surface area contributed by atoms with Gasteiger partial charge in [-0.25, -0.2) is 0 Å². The first-order valence-corrected chi connectivity index (χ1v) is 7.84. The number of nitrogens with two attached hydrogens (primary N) is 1. The van der Waals surface area contributed by atoms with E-state index in [1.54, 1.807) is 11.3 Å². The Morgan fingerprint density at radius 2 is 2.26 bits per heavy atom. The van der Waals surface area contributed by atoms with Gasteiger partial charge in [0.1, 0.15) is 0 Å². The Morgan fingerprint density at radius 1 is 1.47 bits per heavy atom. The SMILES string of the molecule is NCCCOC1CCN(C(=O)Cc2ccsc2)CC1. The monoisotopic (exact) mass is 282 g/mol. The molecule has 19 heavy (non-hydrogen) atoms. The summed E-state index contributed by atoms with van der Waals surface area (Å²) in [6.07, 6.45) is 3.64. The van der Waals surface area contributed by atoms with E-state index < -0.39 is 0 Å². The molecular formula is C14H22N2O2S. The topological polar surface area (TPSA) is 55.6 Å². The molecule has 0 bridgehead atoms. The molecule has 1 aromatic heterocycles. The predicted octanol–water partition coefficient (Wildman–Crippen LogP) is 1.65. The Labute approximate surface area is 118 Å². The van der Waals surface area contributed by atoms with E-state index in [4.69, 9.17) is 10.5 Å². The third-order valence-electron chi connectivity index (χ3n) is 3.43. The molecule has 0 saturated carbocycles. The molecule has 1 aliphatic rings. The molecule has 1 amide bonds. The molecule has 2 heterocycles. The van der Waals surface area contributed by atoms with Crippen LogP contribution in [0, 0.1) is 0 Å². The third-order valence-corrected chi connectivity index (χ3v) is 4.16. The number of thiophene rings is 1. The van der Waals surface area contributed by atoms with E-state index in [2.05, 4.69) is 0 Å². The predicted molar refractivity (Wildman–Crippen MR) is 77.2 cm³/mol. The molecular weight excluding hydrogens is 260 g/mol. The van der Waals surface area contributed by atoms with Gasteiger partial charge < -0.3 is 15.4 Å². The molecule has 0 aromatic carbocycles. The number of likely N-dealkylation sites (tertiary alicyclic amines) is 1. The van der Waals surface area contributed by atoms with Crippen LogP contribution in [-0.2, 0) is 16.0 Å². The smallest absolute Gasteiger partial charge is 0.227 e. The molecule has 0 radical (unpaired) electrons. The van der Waals surface area contributed by atoms with Gasteiger partial charge in [0.15, 0.2) is 0 Å². The molecule has 0 atom stereocenters. The highest BCUT2D eigenvalue weighted by molar-refractivity contribution is 7.07. The normalized spacial score (nSPS) is 16.8. The Kier molecular flexibility index (Phi) is 5.82. The summed E-state index contributed by atoms with van der Waals surface area (Å²) in [6.45, 7) is 3.05. The average molecular weight is 282 g/mol. The second-order valence-corrected chi connectivity index (χ2v) is 5.68. The zero-order valence-corrected chi connectivity index (χ0v) is 12.0. The van der Waals surface area contributed by atoms with E-state index in [0.717, 1.165) is 44.5 Å². The molecule has 5 heteroatoms. The van der Waals surface area contributed by atoms with Crippen molar-refractivity contribution >= 4 is 17.2 Å². The standard InChI is InChI=1S/C14H22N2O2S/c15-5-1-8-18-13-2-6-16(7-3-13)14(17)10-12-4-9-19-11-12/h4,9,11,13H,1-3,5-8,10,15H2. The van der Waals surface area contributed by atoms with Crippen molar-refractivity contribution in [3.8, 4) is 0 Å². The van der Waals surface area contributed by atoms with Gasteiger partial charge in [-0.1, -0.05) is 0 Å². The minimum atomic E-state index is 0.235. The van der Waals surface area contributed by atoms with Crippen molar-refractivity contribution in [1.29, 1.82) is 0 Å². The Bertz CT molecular complexity index is 373. The lowest BCUT2D eigenvalue weighted by atomic mass is 10.1. The lowest BCUT2D eigenvalue weighted by Crippen LogP contribution is -2.41. The summed E-state index contributed by atoms with van der Waals surface area (Å²) in [5.74, 6) is 0.235. The molecule has 1 fully saturated rings. The van der Waals surface area contributed by atoms with E-state index in [-0.39, 0.29) is 5.91 Å². The van der Waals surface area contributed by atoms with Crippen LogP contribution in [0.1, 0.15) is 24.8 Å². The van der Waals surface area contributed by atoms with Crippen LogP contribution in [-0.4, -0.2) is 43.2 Å². The van der Waals surface area contributed by atoms with Crippen LogP contribution >= 0.6 is 11.3 Å². The van der Waals surface area contributed by atoms with Crippen molar-refractivity contribution in [1.82, 2.24) is 4.90 Å². The summed E-state index contributed by atoms with van der Waals surface area (Å²) in [7, 11) is 0. The number of nitrogens with zero attached hydrogens (tertiary/aromatic N) is 1. The van der Waals surface area contributed by atoms with Gasteiger partial charge in [-0.05, 0) is 48.2 Å². The van der Waals surface area contributed by atoms with E-state index >= 15 is 0 Å². The van der Waals surface area contributed by atoms with Crippen molar-refractivity contribution < 1.29 is 9.53 Å². The summed E-state index contributed by atoms with van der Waals surface area (Å²) in [4.78, 5) is 14.1. The van der Waals surface area contributed by atoms with Crippen LogP contribution in [0.4, 0.5) is 0 Å². The van der Waals surface area contributed by atoms with Crippen LogP contribution in [0.2, 0.25) is 0 Å². The van der Waals surface area contributed by atoms with Crippen LogP contribution in [0.15, 0.2) is 16.8 Å². The summed E-state index contributed by atoms with van der Waals surface area (Å²) in [5, 5.41) is 4.06. The van der Waals surface area contributed by atoms with Gasteiger partial charge >= 0.3 is 0 Å². The van der Waals surface area contributed by atoms with Crippen molar-refractivity contribution in [2.45, 2.75) is 31.8 Å². The molecule has 2 rings (SSSR count). The van der Waals surface area contributed by atoms with Gasteiger partial charge in [0.2, 0.25) is 5.91 Å². The minimum absolute atomic E-state index is 0.235. The molecule has 0 spiro atoms. The number of hydrogen-bond donors (Lipinski definition) is 1. The van der Waals surface area contributed by atoms with Gasteiger partial charge in [0.25, 0.3) is 0 Å². The highest BCUT2D eigenvalue weighted by Gasteiger charge is 2.23. The molecule has 1 aliphatic heterocycles. The largest absolute Gasteiger partial charge is 0.378 e. The first-order valence-electron chi connectivity index (χ1n) is 6.90. The van der Waals surface area contributed by atoms with E-state index in [1.807, 2.05) is 21.7 Å². The maximum atomic E-state index is 12.1. The fourth-order valence-corrected chi connectivity index (χ4v) is 2.95. The second kappa shape index (κ2) is 7.62. The van der Waals surface area contributed by atoms with Gasteiger partial charge in [-0.2, -0.15) is 11.3 Å². The van der Waals surface area contributed by atoms with Gasteiger partial charge in [0.05, 0.1) is 12.5 Å². The second-order valence-electron chi connectivity index (χ2n) is 4.90. The molecule has 0 aliphatic carbocycles. The minimum Gasteiger partial charge on any atom is -0.378 e. The van der Waals surface area contributed by atoms with E-state index in [1.165, 1.54) is 0 Å². The molecule has 0 unspecified atom stereocenters. The van der Waals surface area contributed by atoms with Gasteiger partial charge in [0, 0.05) is 19.7 Å². The first kappa shape index (κ1) is 14.5. The van der Waals surface area contributed by atoms with Crippen LogP contribution in [0.25, 0.3) is 0 Å². The van der Waals surface area contributed by atoms with E-state index in [0.29, 0.717) is 19.1 Å². The number of hydrogen-bond acceptors (Lipinski definition) is 4. The number of rotatable bonds is 6. The highest BCUT2D eigenvalue weighted by atomic mass is 32.1. The zero-order valence-electron chi connectivity index (χ0n) is 11.2. The first-order chi connectivity index (χ1) is 9.29. The van der Waals surface area contributed by atoms with Crippen molar-refractivity contribution in [2.75, 3.05) is 26.2 Å². The Hall–Kier alpha value is -0.910. The Morgan fingerprint density at radius 3 is 2.89 bits per heavy atom. The number of carbonyl (C=O) groups excluding carboxylic acids is 1. The van der Waals surface area contributed by atoms with Crippen LogP contribution in [0.3, 0.4) is 0 Å². The molecule has 106 valence electrons. The number of piperidine rings is 1. The fraction of sp³-hybridized carbons (Fsp3) is 0.643. The maximum Gasteiger partial charge on any atom is 0.227 e. The summed E-state index contributed by atoms with van der Waals surface area (Å²) < 4.78 is 5.74.